The van der Waals surface area contributed by atoms with Gasteiger partial charge in [-0.2, -0.15) is 0 Å². The lowest BCUT2D eigenvalue weighted by molar-refractivity contribution is -0.385. The van der Waals surface area contributed by atoms with Crippen LogP contribution in [0.25, 0.3) is 0 Å². The molecule has 0 heterocycles. The summed E-state index contributed by atoms with van der Waals surface area (Å²) in [6.07, 6.45) is 0. The van der Waals surface area contributed by atoms with E-state index in [-0.39, 0.29) is 30.4 Å². The van der Waals surface area contributed by atoms with Crippen LogP contribution in [0, 0.1) is 10.1 Å². The number of hydrogen-bond acceptors (Lipinski definition) is 5. The molecule has 0 bridgehead atoms. The minimum atomic E-state index is -0.499. The Morgan fingerprint density at radius 2 is 1.55 bits per heavy atom. The molecule has 0 spiro atoms. The molecule has 0 aliphatic rings. The molecular formula is C16H15NO5. The first-order valence-corrected chi connectivity index (χ1v) is 6.68. The van der Waals surface area contributed by atoms with Crippen molar-refractivity contribution in [3.05, 3.63) is 64.2 Å². The number of carbonyl (C=O) groups excluding carboxylic acids is 1. The third-order valence-corrected chi connectivity index (χ3v) is 2.93. The van der Waals surface area contributed by atoms with Crippen molar-refractivity contribution in [3.8, 4) is 11.5 Å². The van der Waals surface area contributed by atoms with E-state index in [1.807, 2.05) is 0 Å². The number of benzene rings is 2. The van der Waals surface area contributed by atoms with Gasteiger partial charge in [0.25, 0.3) is 0 Å². The Labute approximate surface area is 127 Å². The molecule has 114 valence electrons. The summed E-state index contributed by atoms with van der Waals surface area (Å²) < 4.78 is 10.9. The van der Waals surface area contributed by atoms with Crippen molar-refractivity contribution in [1.82, 2.24) is 0 Å². The van der Waals surface area contributed by atoms with Gasteiger partial charge < -0.3 is 9.47 Å². The lowest BCUT2D eigenvalue weighted by Gasteiger charge is -2.10. The van der Waals surface area contributed by atoms with Crippen LogP contribution in [0.4, 0.5) is 5.69 Å². The van der Waals surface area contributed by atoms with Crippen LogP contribution in [0.15, 0.2) is 48.5 Å². The standard InChI is InChI=1S/C16H15NO5/c1-12(18)13-6-2-4-8-15(13)21-10-11-22-16-9-5-3-7-14(16)17(19)20/h2-9H,10-11H2,1H3. The highest BCUT2D eigenvalue weighted by atomic mass is 16.6. The van der Waals surface area contributed by atoms with Gasteiger partial charge >= 0.3 is 5.69 Å². The van der Waals surface area contributed by atoms with E-state index in [9.17, 15) is 14.9 Å². The lowest BCUT2D eigenvalue weighted by atomic mass is 10.1. The second-order valence-electron chi connectivity index (χ2n) is 4.47. The minimum absolute atomic E-state index is 0.0878. The molecule has 0 aliphatic carbocycles. The quantitative estimate of drug-likeness (QED) is 0.339. The van der Waals surface area contributed by atoms with Crippen molar-refractivity contribution in [2.45, 2.75) is 6.92 Å². The first-order valence-electron chi connectivity index (χ1n) is 6.68. The lowest BCUT2D eigenvalue weighted by Crippen LogP contribution is -2.11. The fourth-order valence-electron chi connectivity index (χ4n) is 1.92. The van der Waals surface area contributed by atoms with Gasteiger partial charge in [-0.15, -0.1) is 0 Å². The van der Waals surface area contributed by atoms with Gasteiger partial charge in [0.1, 0.15) is 19.0 Å². The molecule has 0 saturated heterocycles. The molecule has 0 N–H and O–H groups in total. The Bertz CT molecular complexity index is 624. The van der Waals surface area contributed by atoms with E-state index in [1.165, 1.54) is 19.1 Å². The predicted molar refractivity (Wildman–Crippen MR) is 80.5 cm³/mol. The molecule has 0 amide bonds. The Kier molecular flexibility index (Phi) is 5.08. The molecule has 22 heavy (non-hydrogen) atoms. The van der Waals surface area contributed by atoms with Crippen LogP contribution in [0.3, 0.4) is 0 Å². The zero-order valence-electron chi connectivity index (χ0n) is 12.0. The molecule has 0 aromatic heterocycles. The summed E-state index contributed by atoms with van der Waals surface area (Å²) in [5.74, 6) is 0.576. The largest absolute Gasteiger partial charge is 0.489 e. The average molecular weight is 301 g/mol. The molecule has 0 fully saturated rings. The summed E-state index contributed by atoms with van der Waals surface area (Å²) in [5, 5.41) is 10.9. The summed E-state index contributed by atoms with van der Waals surface area (Å²) in [4.78, 5) is 21.8. The topological polar surface area (TPSA) is 78.7 Å². The van der Waals surface area contributed by atoms with Gasteiger partial charge in [-0.1, -0.05) is 24.3 Å². The van der Waals surface area contributed by atoms with Gasteiger partial charge in [0.2, 0.25) is 0 Å². The van der Waals surface area contributed by atoms with Gasteiger partial charge in [-0.05, 0) is 25.1 Å². The van der Waals surface area contributed by atoms with Crippen molar-refractivity contribution >= 4 is 11.5 Å². The molecule has 2 rings (SSSR count). The Morgan fingerprint density at radius 1 is 1.00 bits per heavy atom. The molecular weight excluding hydrogens is 286 g/mol. The minimum Gasteiger partial charge on any atom is -0.489 e. The first-order chi connectivity index (χ1) is 10.6. The third kappa shape index (κ3) is 3.82. The zero-order valence-corrected chi connectivity index (χ0v) is 12.0. The second-order valence-corrected chi connectivity index (χ2v) is 4.47. The van der Waals surface area contributed by atoms with Crippen LogP contribution in [0.2, 0.25) is 0 Å². The SMILES string of the molecule is CC(=O)c1ccccc1OCCOc1ccccc1[N+](=O)[O-]. The Morgan fingerprint density at radius 3 is 2.18 bits per heavy atom. The normalized spacial score (nSPS) is 10.0. The number of nitro benzene ring substituents is 1. The monoisotopic (exact) mass is 301 g/mol. The number of ether oxygens (including phenoxy) is 2. The second kappa shape index (κ2) is 7.21. The molecule has 6 nitrogen and oxygen atoms in total. The van der Waals surface area contributed by atoms with Gasteiger partial charge in [0.15, 0.2) is 11.5 Å². The van der Waals surface area contributed by atoms with E-state index in [1.54, 1.807) is 36.4 Å². The highest BCUT2D eigenvalue weighted by Gasteiger charge is 2.13. The molecule has 6 heteroatoms. The Hall–Kier alpha value is -2.89. The molecule has 2 aromatic carbocycles. The van der Waals surface area contributed by atoms with Crippen LogP contribution in [0.5, 0.6) is 11.5 Å². The summed E-state index contributed by atoms with van der Waals surface area (Å²) in [6.45, 7) is 1.78. The summed E-state index contributed by atoms with van der Waals surface area (Å²) in [5.41, 5.74) is 0.403. The summed E-state index contributed by atoms with van der Waals surface area (Å²) in [6, 6.07) is 13.0. The van der Waals surface area contributed by atoms with Crippen molar-refractivity contribution < 1.29 is 19.2 Å². The maximum atomic E-state index is 11.5. The van der Waals surface area contributed by atoms with Gasteiger partial charge in [-0.25, -0.2) is 0 Å². The molecule has 0 atom stereocenters. The first kappa shape index (κ1) is 15.5. The van der Waals surface area contributed by atoms with Crippen molar-refractivity contribution in [3.63, 3.8) is 0 Å². The van der Waals surface area contributed by atoms with Crippen LogP contribution in [0.1, 0.15) is 17.3 Å². The fraction of sp³-hybridized carbons (Fsp3) is 0.188. The van der Waals surface area contributed by atoms with Gasteiger partial charge in [0, 0.05) is 6.07 Å². The molecule has 0 radical (unpaired) electrons. The van der Waals surface area contributed by atoms with Gasteiger partial charge in [-0.3, -0.25) is 14.9 Å². The molecule has 0 saturated carbocycles. The van der Waals surface area contributed by atoms with Crippen molar-refractivity contribution in [2.24, 2.45) is 0 Å². The van der Waals surface area contributed by atoms with E-state index in [4.69, 9.17) is 9.47 Å². The smallest absolute Gasteiger partial charge is 0.310 e. The number of rotatable bonds is 7. The Balaban J connectivity index is 1.93. The highest BCUT2D eigenvalue weighted by Crippen LogP contribution is 2.25. The predicted octanol–water partition coefficient (Wildman–Crippen LogP) is 3.26. The van der Waals surface area contributed by atoms with Crippen LogP contribution >= 0.6 is 0 Å². The number of carbonyl (C=O) groups is 1. The summed E-state index contributed by atoms with van der Waals surface area (Å²) >= 11 is 0. The highest BCUT2D eigenvalue weighted by molar-refractivity contribution is 5.96. The van der Waals surface area contributed by atoms with E-state index >= 15 is 0 Å². The fourth-order valence-corrected chi connectivity index (χ4v) is 1.92. The zero-order chi connectivity index (χ0) is 15.9. The van der Waals surface area contributed by atoms with E-state index in [2.05, 4.69) is 0 Å². The molecule has 2 aromatic rings. The van der Waals surface area contributed by atoms with Crippen LogP contribution < -0.4 is 9.47 Å². The van der Waals surface area contributed by atoms with Crippen LogP contribution in [-0.4, -0.2) is 23.9 Å². The number of para-hydroxylation sites is 3. The average Bonchev–Trinajstić information content (AvgIpc) is 2.52. The number of nitro groups is 1. The van der Waals surface area contributed by atoms with E-state index in [0.717, 1.165) is 0 Å². The molecule has 0 aliphatic heterocycles. The van der Waals surface area contributed by atoms with Crippen LogP contribution in [-0.2, 0) is 0 Å². The number of nitrogens with zero attached hydrogens (tertiary/aromatic N) is 1. The maximum absolute atomic E-state index is 11.5. The van der Waals surface area contributed by atoms with Crippen molar-refractivity contribution in [2.75, 3.05) is 13.2 Å². The summed E-state index contributed by atoms with van der Waals surface area (Å²) in [7, 11) is 0. The van der Waals surface area contributed by atoms with Gasteiger partial charge in [0.05, 0.1) is 10.5 Å². The maximum Gasteiger partial charge on any atom is 0.310 e. The van der Waals surface area contributed by atoms with E-state index < -0.39 is 4.92 Å². The third-order valence-electron chi connectivity index (χ3n) is 2.93. The van der Waals surface area contributed by atoms with E-state index in [0.29, 0.717) is 11.3 Å². The number of hydrogen-bond donors (Lipinski definition) is 0. The van der Waals surface area contributed by atoms with Crippen molar-refractivity contribution in [1.29, 1.82) is 0 Å². The molecule has 0 unspecified atom stereocenters. The number of ketones is 1. The number of Topliss-reactive ketones (excluding diaryl/α,β-unsaturated/α-hetero) is 1.